The van der Waals surface area contributed by atoms with Crippen LogP contribution in [0.2, 0.25) is 0 Å². The Morgan fingerprint density at radius 2 is 1.16 bits per heavy atom. The average Bonchev–Trinajstić information content (AvgIpc) is 3.06. The van der Waals surface area contributed by atoms with E-state index in [2.05, 4.69) is 59.9 Å². The minimum atomic E-state index is -1.43. The summed E-state index contributed by atoms with van der Waals surface area (Å²) in [5.74, 6) is -4.35. The van der Waals surface area contributed by atoms with Crippen LogP contribution in [0, 0.1) is 0 Å². The van der Waals surface area contributed by atoms with Crippen LogP contribution >= 0.6 is 0 Å². The molecule has 0 radical (unpaired) electrons. The molecule has 1 aliphatic heterocycles. The summed E-state index contributed by atoms with van der Waals surface area (Å²) in [6, 6.07) is 17.8. The van der Waals surface area contributed by atoms with Gasteiger partial charge in [0.15, 0.2) is 0 Å². The molecule has 1 unspecified atom stereocenters. The van der Waals surface area contributed by atoms with Crippen molar-refractivity contribution in [3.8, 4) is 0 Å². The molecule has 1 aliphatic rings. The van der Waals surface area contributed by atoms with Gasteiger partial charge in [0.1, 0.15) is 0 Å². The zero-order valence-corrected chi connectivity index (χ0v) is 27.5. The number of nitrogens with one attached hydrogen (secondary N) is 1. The molecule has 5 rings (SSSR count). The van der Waals surface area contributed by atoms with Crippen LogP contribution in [-0.4, -0.2) is 123 Å². The molecule has 4 aromatic carbocycles. The zero-order chi connectivity index (χ0) is 31.2. The van der Waals surface area contributed by atoms with Crippen LogP contribution in [0.1, 0.15) is 18.4 Å². The molecule has 4 aromatic rings. The Kier molecular flexibility index (Phi) is 11.8. The van der Waals surface area contributed by atoms with E-state index in [4.69, 9.17) is 0 Å². The van der Waals surface area contributed by atoms with Gasteiger partial charge in [-0.25, -0.2) is 0 Å². The second-order valence-electron chi connectivity index (χ2n) is 11.5. The Bertz CT molecular complexity index is 1570. The van der Waals surface area contributed by atoms with Crippen LogP contribution in [0.4, 0.5) is 0 Å². The van der Waals surface area contributed by atoms with Crippen LogP contribution < -0.4 is 20.6 Å². The molecule has 1 saturated heterocycles. The Morgan fingerprint density at radius 3 is 1.64 bits per heavy atom. The van der Waals surface area contributed by atoms with Gasteiger partial charge >= 0.3 is 19.8 Å². The summed E-state index contributed by atoms with van der Waals surface area (Å²) < 4.78 is 0. The van der Waals surface area contributed by atoms with Crippen LogP contribution in [0.5, 0.6) is 0 Å². The maximum absolute atomic E-state index is 12.8. The minimum absolute atomic E-state index is 0. The van der Waals surface area contributed by atoms with Gasteiger partial charge in [-0.05, 0) is 50.7 Å². The molecule has 11 nitrogen and oxygen atoms in total. The third-order valence-electron chi connectivity index (χ3n) is 8.36. The summed E-state index contributed by atoms with van der Waals surface area (Å²) in [5, 5.41) is 44.1. The zero-order valence-electron chi connectivity index (χ0n) is 25.0. The number of benzene rings is 4. The first-order valence-corrected chi connectivity index (χ1v) is 14.9. The Morgan fingerprint density at radius 1 is 0.689 bits per heavy atom. The molecule has 0 aromatic heterocycles. The van der Waals surface area contributed by atoms with Crippen LogP contribution in [0.25, 0.3) is 32.3 Å². The van der Waals surface area contributed by atoms with E-state index >= 15 is 0 Å². The van der Waals surface area contributed by atoms with Crippen molar-refractivity contribution < 1.29 is 34.5 Å². The topological polar surface area (TPSA) is 159 Å². The number of carbonyl (C=O) groups excluding carboxylic acids is 4. The number of hydrogen-bond acceptors (Lipinski definition) is 10. The number of carbonyl (C=O) groups is 4. The van der Waals surface area contributed by atoms with Crippen LogP contribution in [0.15, 0.2) is 54.6 Å². The normalized spacial score (nSPS) is 16.1. The SMILES string of the molecule is O=C([O-])CN1CCN(CC(=O)[O-])CCN(CC(NC(=O)CCCc2cc3ccc4cccc5ccc(c2)c3c45)C(=O)[O-])CC1.[Ga+3]. The molecule has 45 heavy (non-hydrogen) atoms. The van der Waals surface area contributed by atoms with E-state index in [1.54, 1.807) is 14.7 Å². The van der Waals surface area contributed by atoms with Crippen LogP contribution in [0.3, 0.4) is 0 Å². The van der Waals surface area contributed by atoms with Crippen molar-refractivity contribution in [2.45, 2.75) is 25.3 Å². The fraction of sp³-hybridized carbons (Fsp3) is 0.394. The van der Waals surface area contributed by atoms with Crippen molar-refractivity contribution in [3.63, 3.8) is 0 Å². The first-order chi connectivity index (χ1) is 21.2. The second-order valence-corrected chi connectivity index (χ2v) is 11.5. The van der Waals surface area contributed by atoms with Gasteiger partial charge in [0, 0.05) is 65.3 Å². The minimum Gasteiger partial charge on any atom is -0.549 e. The van der Waals surface area contributed by atoms with Gasteiger partial charge < -0.3 is 35.0 Å². The molecule has 1 fully saturated rings. The average molecular weight is 669 g/mol. The summed E-state index contributed by atoms with van der Waals surface area (Å²) in [6.45, 7) is 1.14. The first kappa shape index (κ1) is 34.2. The summed E-state index contributed by atoms with van der Waals surface area (Å²) >= 11 is 0. The maximum atomic E-state index is 12.8. The van der Waals surface area contributed by atoms with Crippen molar-refractivity contribution in [3.05, 3.63) is 60.2 Å². The number of carboxylic acids is 3. The predicted octanol–water partition coefficient (Wildman–Crippen LogP) is -1.82. The van der Waals surface area contributed by atoms with Gasteiger partial charge in [-0.2, -0.15) is 0 Å². The van der Waals surface area contributed by atoms with Crippen LogP contribution in [-0.2, 0) is 25.6 Å². The van der Waals surface area contributed by atoms with Gasteiger partial charge in [0.05, 0.1) is 23.9 Å². The Balaban J connectivity index is 0.00000461. The van der Waals surface area contributed by atoms with E-state index in [1.807, 2.05) is 0 Å². The van der Waals surface area contributed by atoms with Crippen molar-refractivity contribution in [1.29, 1.82) is 0 Å². The van der Waals surface area contributed by atoms with Gasteiger partial charge in [0.25, 0.3) is 0 Å². The molecule has 0 aliphatic carbocycles. The molecular formula is C33H35GaN4O7. The van der Waals surface area contributed by atoms with Crippen molar-refractivity contribution in [2.75, 3.05) is 58.9 Å². The number of hydrogen-bond donors (Lipinski definition) is 1. The molecule has 1 heterocycles. The summed E-state index contributed by atoms with van der Waals surface area (Å²) in [4.78, 5) is 52.1. The number of carboxylic acid groups (broad SMARTS) is 3. The number of rotatable bonds is 12. The number of amides is 1. The molecule has 0 saturated carbocycles. The molecule has 0 spiro atoms. The fourth-order valence-corrected chi connectivity index (χ4v) is 6.17. The predicted molar refractivity (Wildman–Crippen MR) is 165 cm³/mol. The molecular weight excluding hydrogens is 634 g/mol. The largest absolute Gasteiger partial charge is 3.00 e. The van der Waals surface area contributed by atoms with Gasteiger partial charge in [-0.3, -0.25) is 19.5 Å². The molecule has 12 heteroatoms. The Hall–Kier alpha value is -3.68. The number of aliphatic carboxylic acids is 3. The smallest absolute Gasteiger partial charge is 0.549 e. The molecule has 0 bridgehead atoms. The fourth-order valence-electron chi connectivity index (χ4n) is 6.17. The van der Waals surface area contributed by atoms with E-state index in [1.165, 1.54) is 21.5 Å². The van der Waals surface area contributed by atoms with Crippen molar-refractivity contribution >= 4 is 75.9 Å². The molecule has 1 atom stereocenters. The van der Waals surface area contributed by atoms with E-state index in [0.717, 1.165) is 16.3 Å². The number of aryl methyl sites for hydroxylation is 1. The van der Waals surface area contributed by atoms with Crippen molar-refractivity contribution in [1.82, 2.24) is 20.0 Å². The molecule has 1 N–H and O–H groups in total. The van der Waals surface area contributed by atoms with E-state index in [9.17, 15) is 34.5 Å². The third-order valence-corrected chi connectivity index (χ3v) is 8.36. The van der Waals surface area contributed by atoms with E-state index in [0.29, 0.717) is 52.1 Å². The van der Waals surface area contributed by atoms with Gasteiger partial charge in [0.2, 0.25) is 5.91 Å². The summed E-state index contributed by atoms with van der Waals surface area (Å²) in [5.41, 5.74) is 1.10. The summed E-state index contributed by atoms with van der Waals surface area (Å²) in [6.07, 6.45) is 1.31. The third kappa shape index (κ3) is 8.95. The van der Waals surface area contributed by atoms with Crippen molar-refractivity contribution in [2.24, 2.45) is 0 Å². The van der Waals surface area contributed by atoms with Gasteiger partial charge in [-0.15, -0.1) is 0 Å². The van der Waals surface area contributed by atoms with E-state index < -0.39 is 29.9 Å². The maximum Gasteiger partial charge on any atom is 3.00 e. The molecule has 232 valence electrons. The monoisotopic (exact) mass is 668 g/mol. The number of nitrogens with zero attached hydrogens (tertiary/aromatic N) is 3. The first-order valence-electron chi connectivity index (χ1n) is 14.9. The van der Waals surface area contributed by atoms with E-state index in [-0.39, 0.29) is 45.8 Å². The second kappa shape index (κ2) is 15.5. The summed E-state index contributed by atoms with van der Waals surface area (Å²) in [7, 11) is 0. The standard InChI is InChI=1S/C33H38N4O7.Ga/c38-28(6-1-3-22-17-25-9-7-23-4-2-5-24-8-10-26(18-22)32(25)31(23)24)34-27(33(43)44)19-35-11-13-36(20-29(39)40)15-16-37(14-12-35)21-30(41)42;/h2,4-5,7-10,17-18,27H,1,3,6,11-16,19-21H2,(H,34,38)(H,39,40)(H,41,42)(H,43,44);/q;+3/p-3. The molecule has 1 amide bonds. The van der Waals surface area contributed by atoms with Gasteiger partial charge in [-0.1, -0.05) is 54.6 Å². The quantitative estimate of drug-likeness (QED) is 0.135. The Labute approximate surface area is 274 Å².